The Balaban J connectivity index is 1.75. The molecule has 3 rings (SSSR count). The molecular formula is C16H21FO3S. The fraction of sp³-hybridized carbons (Fsp3) is 0.625. The highest BCUT2D eigenvalue weighted by Gasteiger charge is 2.41. The van der Waals surface area contributed by atoms with Crippen LogP contribution in [0, 0.1) is 5.82 Å². The second-order valence-electron chi connectivity index (χ2n) is 5.92. The van der Waals surface area contributed by atoms with Gasteiger partial charge in [-0.15, -0.1) is 0 Å². The van der Waals surface area contributed by atoms with Gasteiger partial charge >= 0.3 is 0 Å². The topological polar surface area (TPSA) is 38.7 Å². The van der Waals surface area contributed by atoms with Gasteiger partial charge in [-0.3, -0.25) is 0 Å². The third kappa shape index (κ3) is 3.35. The van der Waals surface area contributed by atoms with Crippen molar-refractivity contribution in [2.45, 2.75) is 44.0 Å². The smallest absolute Gasteiger partial charge is 0.128 e. The van der Waals surface area contributed by atoms with Crippen LogP contribution in [0.4, 0.5) is 4.39 Å². The third-order valence-corrected chi connectivity index (χ3v) is 5.46. The number of ether oxygens (including phenoxy) is 2. The Kier molecular flexibility index (Phi) is 4.43. The van der Waals surface area contributed by atoms with Crippen LogP contribution in [0.3, 0.4) is 0 Å². The predicted octanol–water partition coefficient (Wildman–Crippen LogP) is 3.31. The standard InChI is InChI=1S/C16H21FO3S/c1-11(18)14-3-2-12(17)8-15(14)20-13-4-6-19-16(9-13)5-7-21-10-16/h2-3,8,11,13,18H,4-7,9-10H2,1H3/t11-,13?,16?/m0/s1. The highest BCUT2D eigenvalue weighted by Crippen LogP contribution is 2.40. The minimum atomic E-state index is -0.670. The Morgan fingerprint density at radius 1 is 1.52 bits per heavy atom. The van der Waals surface area contributed by atoms with Crippen LogP contribution in [0.5, 0.6) is 5.75 Å². The summed E-state index contributed by atoms with van der Waals surface area (Å²) in [6.07, 6.45) is 2.07. The highest BCUT2D eigenvalue weighted by atomic mass is 32.2. The average Bonchev–Trinajstić information content (AvgIpc) is 2.86. The molecule has 1 aromatic rings. The summed E-state index contributed by atoms with van der Waals surface area (Å²) in [5.74, 6) is 2.26. The molecule has 5 heteroatoms. The first-order valence-corrected chi connectivity index (χ1v) is 8.59. The van der Waals surface area contributed by atoms with Crippen LogP contribution in [0.2, 0.25) is 0 Å². The quantitative estimate of drug-likeness (QED) is 0.929. The van der Waals surface area contributed by atoms with E-state index in [1.807, 2.05) is 11.8 Å². The SMILES string of the molecule is C[C@H](O)c1ccc(F)cc1OC1CCOC2(CCSC2)C1. The molecule has 2 fully saturated rings. The number of thioether (sulfide) groups is 1. The van der Waals surface area contributed by atoms with E-state index in [2.05, 4.69) is 0 Å². The Morgan fingerprint density at radius 2 is 2.38 bits per heavy atom. The zero-order chi connectivity index (χ0) is 14.9. The molecule has 2 heterocycles. The molecule has 1 N–H and O–H groups in total. The number of hydrogen-bond donors (Lipinski definition) is 1. The minimum absolute atomic E-state index is 0.0248. The molecule has 0 aromatic heterocycles. The van der Waals surface area contributed by atoms with Crippen molar-refractivity contribution in [3.63, 3.8) is 0 Å². The number of aliphatic hydroxyl groups is 1. The summed E-state index contributed by atoms with van der Waals surface area (Å²) < 4.78 is 25.5. The molecule has 21 heavy (non-hydrogen) atoms. The van der Waals surface area contributed by atoms with Gasteiger partial charge in [0.15, 0.2) is 0 Å². The van der Waals surface area contributed by atoms with E-state index < -0.39 is 6.10 Å². The van der Waals surface area contributed by atoms with Gasteiger partial charge in [-0.1, -0.05) is 0 Å². The third-order valence-electron chi connectivity index (χ3n) is 4.23. The Morgan fingerprint density at radius 3 is 3.10 bits per heavy atom. The van der Waals surface area contributed by atoms with E-state index in [9.17, 15) is 9.50 Å². The molecule has 2 aliphatic rings. The Labute approximate surface area is 128 Å². The zero-order valence-corrected chi connectivity index (χ0v) is 13.0. The van der Waals surface area contributed by atoms with Gasteiger partial charge in [0.05, 0.1) is 18.3 Å². The van der Waals surface area contributed by atoms with Crippen molar-refractivity contribution in [1.29, 1.82) is 0 Å². The second-order valence-corrected chi connectivity index (χ2v) is 7.03. The van der Waals surface area contributed by atoms with Crippen LogP contribution >= 0.6 is 11.8 Å². The maximum atomic E-state index is 13.5. The fourth-order valence-electron chi connectivity index (χ4n) is 3.08. The number of aliphatic hydroxyl groups excluding tert-OH is 1. The van der Waals surface area contributed by atoms with Gasteiger partial charge in [-0.2, -0.15) is 11.8 Å². The van der Waals surface area contributed by atoms with E-state index in [-0.39, 0.29) is 17.5 Å². The number of benzene rings is 1. The lowest BCUT2D eigenvalue weighted by molar-refractivity contribution is -0.0962. The van der Waals surface area contributed by atoms with Crippen LogP contribution < -0.4 is 4.74 Å². The Bertz CT molecular complexity index is 500. The molecule has 0 bridgehead atoms. The summed E-state index contributed by atoms with van der Waals surface area (Å²) in [5.41, 5.74) is 0.573. The molecule has 1 aromatic carbocycles. The van der Waals surface area contributed by atoms with Crippen molar-refractivity contribution in [2.24, 2.45) is 0 Å². The first-order valence-electron chi connectivity index (χ1n) is 7.44. The fourth-order valence-corrected chi connectivity index (χ4v) is 4.46. The normalized spacial score (nSPS) is 30.5. The molecule has 2 unspecified atom stereocenters. The van der Waals surface area contributed by atoms with Crippen molar-refractivity contribution in [3.8, 4) is 5.75 Å². The lowest BCUT2D eigenvalue weighted by atomic mass is 9.91. The summed E-state index contributed by atoms with van der Waals surface area (Å²) >= 11 is 1.92. The summed E-state index contributed by atoms with van der Waals surface area (Å²) in [4.78, 5) is 0. The van der Waals surface area contributed by atoms with Gasteiger partial charge in [0.1, 0.15) is 17.7 Å². The zero-order valence-electron chi connectivity index (χ0n) is 12.2. The van der Waals surface area contributed by atoms with E-state index in [4.69, 9.17) is 9.47 Å². The minimum Gasteiger partial charge on any atom is -0.490 e. The largest absolute Gasteiger partial charge is 0.490 e. The number of hydrogen-bond acceptors (Lipinski definition) is 4. The van der Waals surface area contributed by atoms with Crippen LogP contribution in [-0.4, -0.2) is 34.9 Å². The molecule has 0 aliphatic carbocycles. The lowest BCUT2D eigenvalue weighted by Crippen LogP contribution is -2.43. The van der Waals surface area contributed by atoms with Gasteiger partial charge in [0.25, 0.3) is 0 Å². The maximum Gasteiger partial charge on any atom is 0.128 e. The highest BCUT2D eigenvalue weighted by molar-refractivity contribution is 7.99. The second kappa shape index (κ2) is 6.15. The Hall–Kier alpha value is -0.780. The molecule has 0 radical (unpaired) electrons. The summed E-state index contributed by atoms with van der Waals surface area (Å²) in [7, 11) is 0. The monoisotopic (exact) mass is 312 g/mol. The summed E-state index contributed by atoms with van der Waals surface area (Å²) in [6.45, 7) is 2.35. The molecule has 1 spiro atoms. The van der Waals surface area contributed by atoms with Crippen molar-refractivity contribution in [3.05, 3.63) is 29.6 Å². The molecule has 3 atom stereocenters. The molecule has 3 nitrogen and oxygen atoms in total. The molecule has 2 saturated heterocycles. The van der Waals surface area contributed by atoms with Gasteiger partial charge in [-0.05, 0) is 31.2 Å². The van der Waals surface area contributed by atoms with Gasteiger partial charge in [0, 0.05) is 30.2 Å². The first-order chi connectivity index (χ1) is 10.1. The van der Waals surface area contributed by atoms with Gasteiger partial charge < -0.3 is 14.6 Å². The van der Waals surface area contributed by atoms with Crippen molar-refractivity contribution in [2.75, 3.05) is 18.1 Å². The van der Waals surface area contributed by atoms with Gasteiger partial charge in [0.2, 0.25) is 0 Å². The lowest BCUT2D eigenvalue weighted by Gasteiger charge is -2.38. The van der Waals surface area contributed by atoms with Gasteiger partial charge in [-0.25, -0.2) is 4.39 Å². The maximum absolute atomic E-state index is 13.5. The van der Waals surface area contributed by atoms with E-state index in [0.717, 1.165) is 30.8 Å². The van der Waals surface area contributed by atoms with Crippen molar-refractivity contribution in [1.82, 2.24) is 0 Å². The molecule has 2 aliphatic heterocycles. The predicted molar refractivity (Wildman–Crippen MR) is 81.3 cm³/mol. The molecular weight excluding hydrogens is 291 g/mol. The summed E-state index contributed by atoms with van der Waals surface area (Å²) in [6, 6.07) is 4.32. The van der Waals surface area contributed by atoms with E-state index >= 15 is 0 Å². The van der Waals surface area contributed by atoms with Crippen LogP contribution in [0.15, 0.2) is 18.2 Å². The van der Waals surface area contributed by atoms with E-state index in [0.29, 0.717) is 17.9 Å². The van der Waals surface area contributed by atoms with Crippen molar-refractivity contribution < 1.29 is 19.0 Å². The molecule has 116 valence electrons. The molecule has 0 amide bonds. The van der Waals surface area contributed by atoms with Crippen LogP contribution in [0.25, 0.3) is 0 Å². The van der Waals surface area contributed by atoms with Crippen molar-refractivity contribution >= 4 is 11.8 Å². The number of rotatable bonds is 3. The summed E-state index contributed by atoms with van der Waals surface area (Å²) in [5, 5.41) is 9.80. The number of halogens is 1. The van der Waals surface area contributed by atoms with Crippen LogP contribution in [0.1, 0.15) is 37.9 Å². The average molecular weight is 312 g/mol. The first kappa shape index (κ1) is 15.1. The molecule has 0 saturated carbocycles. The van der Waals surface area contributed by atoms with E-state index in [1.54, 1.807) is 13.0 Å². The van der Waals surface area contributed by atoms with E-state index in [1.165, 1.54) is 12.1 Å². The van der Waals surface area contributed by atoms with Crippen LogP contribution in [-0.2, 0) is 4.74 Å².